The molecule has 2 heterocycles. The van der Waals surface area contributed by atoms with Crippen LogP contribution in [0.25, 0.3) is 0 Å². The van der Waals surface area contributed by atoms with Crippen molar-refractivity contribution in [2.24, 2.45) is 0 Å². The van der Waals surface area contributed by atoms with Crippen molar-refractivity contribution in [1.82, 2.24) is 9.88 Å². The Morgan fingerprint density at radius 2 is 1.95 bits per heavy atom. The van der Waals surface area contributed by atoms with Gasteiger partial charge in [-0.05, 0) is 70.1 Å². The molecule has 0 bridgehead atoms. The number of H-pyrrole nitrogens is 1. The Balaban J connectivity index is 1.58. The van der Waals surface area contributed by atoms with E-state index in [1.165, 1.54) is 28.8 Å². The lowest BCUT2D eigenvalue weighted by molar-refractivity contribution is 0.0734. The summed E-state index contributed by atoms with van der Waals surface area (Å²) in [5.74, 6) is 0.160. The van der Waals surface area contributed by atoms with Crippen LogP contribution in [-0.2, 0) is 25.8 Å². The molecule has 1 aromatic heterocycles. The molecule has 1 N–H and O–H groups in total. The number of benzene rings is 1. The van der Waals surface area contributed by atoms with Crippen molar-refractivity contribution in [2.75, 3.05) is 6.54 Å². The van der Waals surface area contributed by atoms with E-state index >= 15 is 0 Å². The summed E-state index contributed by atoms with van der Waals surface area (Å²) >= 11 is 3.47. The topological polar surface area (TPSA) is 36.1 Å². The van der Waals surface area contributed by atoms with Gasteiger partial charge in [0, 0.05) is 30.8 Å². The van der Waals surface area contributed by atoms with Gasteiger partial charge in [0.15, 0.2) is 0 Å². The normalized spacial score (nSPS) is 16.7. The van der Waals surface area contributed by atoms with E-state index in [0.29, 0.717) is 6.54 Å². The van der Waals surface area contributed by atoms with Gasteiger partial charge in [0.2, 0.25) is 0 Å². The number of carbonyl (C=O) groups is 1. The number of aromatic amines is 1. The van der Waals surface area contributed by atoms with Crippen LogP contribution in [0.1, 0.15) is 39.2 Å². The molecular formula is C17H17BrN2O. The minimum Gasteiger partial charge on any atom is -0.353 e. The van der Waals surface area contributed by atoms with Gasteiger partial charge in [-0.15, -0.1) is 0 Å². The van der Waals surface area contributed by atoms with E-state index in [1.807, 2.05) is 11.0 Å². The lowest BCUT2D eigenvalue weighted by atomic mass is 10.0. The molecule has 21 heavy (non-hydrogen) atoms. The zero-order valence-corrected chi connectivity index (χ0v) is 13.4. The van der Waals surface area contributed by atoms with E-state index in [-0.39, 0.29) is 5.91 Å². The SMILES string of the molecule is O=C(c1ccc2c(c1)CCC2)N1CCc2[nH]c(Br)cc2C1. The number of aryl methyl sites for hydroxylation is 2. The summed E-state index contributed by atoms with van der Waals surface area (Å²) < 4.78 is 0.999. The van der Waals surface area contributed by atoms with Crippen molar-refractivity contribution in [3.8, 4) is 0 Å². The minimum atomic E-state index is 0.160. The number of carbonyl (C=O) groups excluding carboxylic acids is 1. The standard InChI is InChI=1S/C17H17BrN2O/c18-16-9-14-10-20(7-6-15(14)19-16)17(21)13-5-4-11-2-1-3-12(11)8-13/h4-5,8-9,19H,1-3,6-7,10H2. The molecule has 1 aliphatic heterocycles. The highest BCUT2D eigenvalue weighted by Gasteiger charge is 2.24. The van der Waals surface area contributed by atoms with Crippen molar-refractivity contribution >= 4 is 21.8 Å². The first-order chi connectivity index (χ1) is 10.2. The van der Waals surface area contributed by atoms with Crippen LogP contribution in [0.4, 0.5) is 0 Å². The number of nitrogens with zero attached hydrogens (tertiary/aromatic N) is 1. The minimum absolute atomic E-state index is 0.160. The van der Waals surface area contributed by atoms with Gasteiger partial charge in [-0.3, -0.25) is 4.79 Å². The van der Waals surface area contributed by atoms with Crippen molar-refractivity contribution in [2.45, 2.75) is 32.2 Å². The highest BCUT2D eigenvalue weighted by atomic mass is 79.9. The maximum atomic E-state index is 12.7. The smallest absolute Gasteiger partial charge is 0.254 e. The fraction of sp³-hybridized carbons (Fsp3) is 0.353. The Bertz CT molecular complexity index is 720. The Kier molecular flexibility index (Phi) is 3.14. The van der Waals surface area contributed by atoms with E-state index in [0.717, 1.165) is 36.0 Å². The van der Waals surface area contributed by atoms with Crippen LogP contribution in [-0.4, -0.2) is 22.3 Å². The zero-order chi connectivity index (χ0) is 14.4. The quantitative estimate of drug-likeness (QED) is 0.844. The molecule has 2 aliphatic rings. The van der Waals surface area contributed by atoms with Gasteiger partial charge in [-0.2, -0.15) is 0 Å². The molecule has 4 heteroatoms. The Labute approximate surface area is 132 Å². The summed E-state index contributed by atoms with van der Waals surface area (Å²) in [6.45, 7) is 1.49. The molecule has 0 saturated heterocycles. The Hall–Kier alpha value is -1.55. The second kappa shape index (κ2) is 5.02. The molecule has 1 aromatic carbocycles. The second-order valence-electron chi connectivity index (χ2n) is 5.93. The summed E-state index contributed by atoms with van der Waals surface area (Å²) in [5.41, 5.74) is 6.10. The van der Waals surface area contributed by atoms with E-state index < -0.39 is 0 Å². The molecule has 0 radical (unpaired) electrons. The van der Waals surface area contributed by atoms with E-state index in [4.69, 9.17) is 0 Å². The summed E-state index contributed by atoms with van der Waals surface area (Å²) in [6.07, 6.45) is 4.40. The Morgan fingerprint density at radius 1 is 1.10 bits per heavy atom. The second-order valence-corrected chi connectivity index (χ2v) is 6.79. The van der Waals surface area contributed by atoms with Crippen LogP contribution in [0.5, 0.6) is 0 Å². The van der Waals surface area contributed by atoms with Crippen molar-refractivity contribution in [3.05, 3.63) is 56.8 Å². The van der Waals surface area contributed by atoms with Crippen LogP contribution < -0.4 is 0 Å². The largest absolute Gasteiger partial charge is 0.353 e. The fourth-order valence-corrected chi connectivity index (χ4v) is 3.97. The van der Waals surface area contributed by atoms with Crippen molar-refractivity contribution in [1.29, 1.82) is 0 Å². The van der Waals surface area contributed by atoms with E-state index in [9.17, 15) is 4.79 Å². The molecular weight excluding hydrogens is 328 g/mol. The molecule has 0 spiro atoms. The van der Waals surface area contributed by atoms with Gasteiger partial charge in [0.05, 0.1) is 4.60 Å². The number of amides is 1. The zero-order valence-electron chi connectivity index (χ0n) is 11.8. The number of fused-ring (bicyclic) bond motifs is 2. The average Bonchev–Trinajstić information content (AvgIpc) is 3.09. The third-order valence-electron chi connectivity index (χ3n) is 4.58. The van der Waals surface area contributed by atoms with Crippen LogP contribution in [0.3, 0.4) is 0 Å². The molecule has 108 valence electrons. The number of nitrogens with one attached hydrogen (secondary N) is 1. The first-order valence-corrected chi connectivity index (χ1v) is 8.27. The van der Waals surface area contributed by atoms with Crippen molar-refractivity contribution < 1.29 is 4.79 Å². The van der Waals surface area contributed by atoms with Gasteiger partial charge < -0.3 is 9.88 Å². The van der Waals surface area contributed by atoms with E-state index in [1.54, 1.807) is 0 Å². The monoisotopic (exact) mass is 344 g/mol. The number of hydrogen-bond acceptors (Lipinski definition) is 1. The average molecular weight is 345 g/mol. The predicted octanol–water partition coefficient (Wildman–Crippen LogP) is 3.46. The third-order valence-corrected chi connectivity index (χ3v) is 5.01. The lowest BCUT2D eigenvalue weighted by Crippen LogP contribution is -2.35. The fourth-order valence-electron chi connectivity index (χ4n) is 3.46. The highest BCUT2D eigenvalue weighted by molar-refractivity contribution is 9.10. The maximum absolute atomic E-state index is 12.7. The summed E-state index contributed by atoms with van der Waals surface area (Å²) in [4.78, 5) is 18.0. The van der Waals surface area contributed by atoms with Crippen LogP contribution >= 0.6 is 15.9 Å². The number of rotatable bonds is 1. The molecule has 0 atom stereocenters. The maximum Gasteiger partial charge on any atom is 0.254 e. The van der Waals surface area contributed by atoms with Gasteiger partial charge in [0.25, 0.3) is 5.91 Å². The van der Waals surface area contributed by atoms with Crippen LogP contribution in [0, 0.1) is 0 Å². The molecule has 3 nitrogen and oxygen atoms in total. The summed E-state index contributed by atoms with van der Waals surface area (Å²) in [6, 6.07) is 8.32. The molecule has 0 saturated carbocycles. The predicted molar refractivity (Wildman–Crippen MR) is 85.4 cm³/mol. The third kappa shape index (κ3) is 2.31. The number of aromatic nitrogens is 1. The van der Waals surface area contributed by atoms with Gasteiger partial charge in [0.1, 0.15) is 0 Å². The summed E-state index contributed by atoms with van der Waals surface area (Å²) in [5, 5.41) is 0. The molecule has 4 rings (SSSR count). The highest BCUT2D eigenvalue weighted by Crippen LogP contribution is 2.26. The first kappa shape index (κ1) is 13.1. The van der Waals surface area contributed by atoms with Gasteiger partial charge in [-0.1, -0.05) is 6.07 Å². The first-order valence-electron chi connectivity index (χ1n) is 7.48. The van der Waals surface area contributed by atoms with Gasteiger partial charge >= 0.3 is 0 Å². The van der Waals surface area contributed by atoms with Crippen LogP contribution in [0.2, 0.25) is 0 Å². The number of hydrogen-bond donors (Lipinski definition) is 1. The molecule has 2 aromatic rings. The Morgan fingerprint density at radius 3 is 2.86 bits per heavy atom. The van der Waals surface area contributed by atoms with Gasteiger partial charge in [-0.25, -0.2) is 0 Å². The van der Waals surface area contributed by atoms with E-state index in [2.05, 4.69) is 39.1 Å². The molecule has 1 aliphatic carbocycles. The molecule has 0 unspecified atom stereocenters. The van der Waals surface area contributed by atoms with Crippen LogP contribution in [0.15, 0.2) is 28.9 Å². The summed E-state index contributed by atoms with van der Waals surface area (Å²) in [7, 11) is 0. The van der Waals surface area contributed by atoms with Crippen molar-refractivity contribution in [3.63, 3.8) is 0 Å². The molecule has 1 amide bonds. The molecule has 0 fully saturated rings. The number of halogens is 1. The lowest BCUT2D eigenvalue weighted by Gasteiger charge is -2.27.